The molecule has 0 saturated carbocycles. The van der Waals surface area contributed by atoms with Crippen molar-refractivity contribution in [3.63, 3.8) is 0 Å². The van der Waals surface area contributed by atoms with Crippen LogP contribution in [-0.2, 0) is 17.8 Å². The highest BCUT2D eigenvalue weighted by atomic mass is 16.6. The van der Waals surface area contributed by atoms with Crippen molar-refractivity contribution in [1.29, 1.82) is 5.41 Å². The van der Waals surface area contributed by atoms with Crippen molar-refractivity contribution in [2.45, 2.75) is 26.4 Å². The number of guanidine groups is 1. The number of benzene rings is 2. The molecule has 0 aliphatic heterocycles. The van der Waals surface area contributed by atoms with Gasteiger partial charge in [-0.1, -0.05) is 49.4 Å². The number of fused-ring (bicyclic) bond motifs is 3. The van der Waals surface area contributed by atoms with Gasteiger partial charge in [0.25, 0.3) is 0 Å². The quantitative estimate of drug-likeness (QED) is 0.569. The van der Waals surface area contributed by atoms with Crippen LogP contribution in [-0.4, -0.2) is 23.5 Å². The fourth-order valence-electron chi connectivity index (χ4n) is 3.11. The molecule has 0 spiro atoms. The molecule has 5 nitrogen and oxygen atoms in total. The number of hydrogen-bond donors (Lipinski definition) is 2. The topological polar surface area (TPSA) is 79.4 Å². The molecule has 0 aromatic heterocycles. The lowest BCUT2D eigenvalue weighted by Gasteiger charge is -2.19. The standard InChI is InChI=1S/C19H21N3O2/c1-2-10-22(18(20)21)19(23)24-12-14-7-5-9-16-15-8-4-3-6-13(15)11-17(14)16/h3-9H,2,10-12H2,1H3,(H3,20,21). The predicted molar refractivity (Wildman–Crippen MR) is 93.8 cm³/mol. The first-order chi connectivity index (χ1) is 11.6. The van der Waals surface area contributed by atoms with Crippen LogP contribution in [0.4, 0.5) is 4.79 Å². The van der Waals surface area contributed by atoms with Gasteiger partial charge in [-0.3, -0.25) is 5.41 Å². The molecule has 1 aliphatic rings. The van der Waals surface area contributed by atoms with Gasteiger partial charge in [-0.15, -0.1) is 0 Å². The Morgan fingerprint density at radius 1 is 1.21 bits per heavy atom. The van der Waals surface area contributed by atoms with Crippen LogP contribution >= 0.6 is 0 Å². The summed E-state index contributed by atoms with van der Waals surface area (Å²) in [5, 5.41) is 7.48. The van der Waals surface area contributed by atoms with Gasteiger partial charge in [0.15, 0.2) is 5.96 Å². The predicted octanol–water partition coefficient (Wildman–Crippen LogP) is 3.50. The van der Waals surface area contributed by atoms with Gasteiger partial charge < -0.3 is 10.5 Å². The second-order valence-electron chi connectivity index (χ2n) is 5.87. The maximum absolute atomic E-state index is 12.1. The first-order valence-corrected chi connectivity index (χ1v) is 8.09. The van der Waals surface area contributed by atoms with Crippen molar-refractivity contribution >= 4 is 12.1 Å². The zero-order chi connectivity index (χ0) is 17.1. The van der Waals surface area contributed by atoms with Crippen molar-refractivity contribution in [3.05, 3.63) is 59.2 Å². The van der Waals surface area contributed by atoms with E-state index in [9.17, 15) is 4.79 Å². The van der Waals surface area contributed by atoms with Gasteiger partial charge in [-0.2, -0.15) is 0 Å². The summed E-state index contributed by atoms with van der Waals surface area (Å²) in [7, 11) is 0. The molecular formula is C19H21N3O2. The summed E-state index contributed by atoms with van der Waals surface area (Å²) in [6.45, 7) is 2.49. The third kappa shape index (κ3) is 2.97. The van der Waals surface area contributed by atoms with Crippen LogP contribution in [0.3, 0.4) is 0 Å². The molecule has 0 atom stereocenters. The van der Waals surface area contributed by atoms with E-state index in [-0.39, 0.29) is 12.6 Å². The number of ether oxygens (including phenoxy) is 1. The van der Waals surface area contributed by atoms with E-state index in [1.165, 1.54) is 22.3 Å². The fourth-order valence-corrected chi connectivity index (χ4v) is 3.11. The normalized spacial score (nSPS) is 11.5. The minimum atomic E-state index is -0.572. The highest BCUT2D eigenvalue weighted by Crippen LogP contribution is 2.38. The zero-order valence-corrected chi connectivity index (χ0v) is 13.7. The number of amides is 1. The average Bonchev–Trinajstić information content (AvgIpc) is 2.96. The lowest BCUT2D eigenvalue weighted by Crippen LogP contribution is -2.42. The largest absolute Gasteiger partial charge is 0.444 e. The van der Waals surface area contributed by atoms with E-state index in [2.05, 4.69) is 18.2 Å². The van der Waals surface area contributed by atoms with Gasteiger partial charge in [0, 0.05) is 6.54 Å². The number of hydrogen-bond acceptors (Lipinski definition) is 3. The summed E-state index contributed by atoms with van der Waals surface area (Å²) in [5.41, 5.74) is 11.4. The molecule has 5 heteroatoms. The first-order valence-electron chi connectivity index (χ1n) is 8.09. The SMILES string of the molecule is CCCN(C(=N)N)C(=O)OCc1cccc2c1Cc1ccccc1-2. The van der Waals surface area contributed by atoms with Crippen LogP contribution in [0.5, 0.6) is 0 Å². The Balaban J connectivity index is 1.76. The molecule has 1 aliphatic carbocycles. The Labute approximate surface area is 141 Å². The Kier molecular flexibility index (Phi) is 4.51. The van der Waals surface area contributed by atoms with E-state index >= 15 is 0 Å². The van der Waals surface area contributed by atoms with Crippen LogP contribution in [0.25, 0.3) is 11.1 Å². The van der Waals surface area contributed by atoms with E-state index in [0.717, 1.165) is 16.9 Å². The Hall–Kier alpha value is -2.82. The first kappa shape index (κ1) is 16.1. The Morgan fingerprint density at radius 2 is 1.96 bits per heavy atom. The van der Waals surface area contributed by atoms with Gasteiger partial charge in [-0.25, -0.2) is 9.69 Å². The summed E-state index contributed by atoms with van der Waals surface area (Å²) >= 11 is 0. The van der Waals surface area contributed by atoms with Crippen molar-refractivity contribution in [2.75, 3.05) is 6.54 Å². The summed E-state index contributed by atoms with van der Waals surface area (Å²) in [6.07, 6.45) is 0.993. The second kappa shape index (κ2) is 6.74. The molecule has 2 aromatic rings. The third-order valence-corrected chi connectivity index (χ3v) is 4.26. The Morgan fingerprint density at radius 3 is 2.71 bits per heavy atom. The number of carbonyl (C=O) groups is 1. The van der Waals surface area contributed by atoms with Crippen LogP contribution in [0.2, 0.25) is 0 Å². The molecule has 0 saturated heterocycles. The smallest absolute Gasteiger partial charge is 0.416 e. The molecule has 2 aromatic carbocycles. The fraction of sp³-hybridized carbons (Fsp3) is 0.263. The minimum absolute atomic E-state index is 0.184. The number of rotatable bonds is 4. The lowest BCUT2D eigenvalue weighted by atomic mass is 10.0. The van der Waals surface area contributed by atoms with E-state index in [1.807, 2.05) is 31.2 Å². The average molecular weight is 323 g/mol. The molecule has 1 amide bonds. The molecule has 3 rings (SSSR count). The molecule has 24 heavy (non-hydrogen) atoms. The van der Waals surface area contributed by atoms with E-state index in [1.54, 1.807) is 0 Å². The van der Waals surface area contributed by atoms with Gasteiger partial charge in [0.2, 0.25) is 0 Å². The third-order valence-electron chi connectivity index (χ3n) is 4.26. The number of carbonyl (C=O) groups excluding carboxylic acids is 1. The van der Waals surface area contributed by atoms with E-state index in [0.29, 0.717) is 13.0 Å². The molecular weight excluding hydrogens is 302 g/mol. The molecule has 0 radical (unpaired) electrons. The van der Waals surface area contributed by atoms with E-state index in [4.69, 9.17) is 15.9 Å². The summed E-state index contributed by atoms with van der Waals surface area (Å²) in [5.74, 6) is -0.285. The maximum Gasteiger partial charge on any atom is 0.416 e. The van der Waals surface area contributed by atoms with Crippen LogP contribution in [0, 0.1) is 5.41 Å². The van der Waals surface area contributed by atoms with Gasteiger partial charge in [0.1, 0.15) is 6.61 Å². The Bertz CT molecular complexity index is 786. The summed E-state index contributed by atoms with van der Waals surface area (Å²) in [6, 6.07) is 14.4. The molecule has 0 fully saturated rings. The minimum Gasteiger partial charge on any atom is -0.444 e. The highest BCUT2D eigenvalue weighted by Gasteiger charge is 2.22. The second-order valence-corrected chi connectivity index (χ2v) is 5.87. The highest BCUT2D eigenvalue weighted by molar-refractivity contribution is 5.91. The zero-order valence-electron chi connectivity index (χ0n) is 13.7. The molecule has 0 heterocycles. The van der Waals surface area contributed by atoms with Gasteiger partial charge >= 0.3 is 6.09 Å². The van der Waals surface area contributed by atoms with Crippen LogP contribution in [0.15, 0.2) is 42.5 Å². The summed E-state index contributed by atoms with van der Waals surface area (Å²) < 4.78 is 5.39. The molecule has 0 bridgehead atoms. The van der Waals surface area contributed by atoms with Crippen LogP contribution < -0.4 is 5.73 Å². The lowest BCUT2D eigenvalue weighted by molar-refractivity contribution is 0.115. The summed E-state index contributed by atoms with van der Waals surface area (Å²) in [4.78, 5) is 13.3. The monoisotopic (exact) mass is 323 g/mol. The van der Waals surface area contributed by atoms with Crippen molar-refractivity contribution in [3.8, 4) is 11.1 Å². The van der Waals surface area contributed by atoms with Gasteiger partial charge in [-0.05, 0) is 40.7 Å². The van der Waals surface area contributed by atoms with Crippen molar-refractivity contribution in [2.24, 2.45) is 5.73 Å². The van der Waals surface area contributed by atoms with E-state index < -0.39 is 6.09 Å². The number of nitrogens with one attached hydrogen (secondary N) is 1. The van der Waals surface area contributed by atoms with Crippen LogP contribution in [0.1, 0.15) is 30.0 Å². The van der Waals surface area contributed by atoms with Crippen molar-refractivity contribution in [1.82, 2.24) is 4.90 Å². The molecule has 124 valence electrons. The number of nitrogens with zero attached hydrogens (tertiary/aromatic N) is 1. The molecule has 3 N–H and O–H groups in total. The molecule has 0 unspecified atom stereocenters. The number of nitrogens with two attached hydrogens (primary N) is 1. The van der Waals surface area contributed by atoms with Crippen molar-refractivity contribution < 1.29 is 9.53 Å². The maximum atomic E-state index is 12.1. The van der Waals surface area contributed by atoms with Gasteiger partial charge in [0.05, 0.1) is 0 Å².